The van der Waals surface area contributed by atoms with E-state index >= 15 is 0 Å². The molecule has 2 rings (SSSR count). The third-order valence-corrected chi connectivity index (χ3v) is 9.17. The molecular weight excluding hydrogens is 266 g/mol. The van der Waals surface area contributed by atoms with Gasteiger partial charge in [-0.2, -0.15) is 0 Å². The van der Waals surface area contributed by atoms with Crippen LogP contribution < -0.4 is 0 Å². The van der Waals surface area contributed by atoms with E-state index in [9.17, 15) is 0 Å². The van der Waals surface area contributed by atoms with Crippen LogP contribution in [0.25, 0.3) is 0 Å². The van der Waals surface area contributed by atoms with Crippen molar-refractivity contribution >= 4 is 22.7 Å². The van der Waals surface area contributed by atoms with E-state index in [1.54, 1.807) is 8.19 Å². The second-order valence-electron chi connectivity index (χ2n) is 5.55. The summed E-state index contributed by atoms with van der Waals surface area (Å²) in [5, 5.41) is 1.82. The molecule has 0 unspecified atom stereocenters. The number of aryl methyl sites for hydroxylation is 2. The van der Waals surface area contributed by atoms with Gasteiger partial charge < -0.3 is 0 Å². The van der Waals surface area contributed by atoms with E-state index < -0.39 is 0 Å². The molecule has 0 fully saturated rings. The Kier molecular flexibility index (Phi) is 3.76. The van der Waals surface area contributed by atoms with Crippen molar-refractivity contribution in [3.05, 3.63) is 13.9 Å². The molecule has 1 heterocycles. The third kappa shape index (κ3) is 2.96. The molecule has 84 valence electrons. The molecule has 2 heteroatoms. The zero-order valence-electron chi connectivity index (χ0n) is 10.1. The molecule has 0 radical (unpaired) electrons. The Morgan fingerprint density at radius 3 is 2.33 bits per heavy atom. The molecule has 0 nitrogen and oxygen atoms in total. The first-order valence-corrected chi connectivity index (χ1v) is 8.67. The van der Waals surface area contributed by atoms with E-state index in [1.165, 1.54) is 38.5 Å². The van der Waals surface area contributed by atoms with Gasteiger partial charge in [-0.25, -0.2) is 0 Å². The minimum atomic E-state index is 0.447. The number of fused-ring (bicyclic) bond motifs is 1. The van der Waals surface area contributed by atoms with Gasteiger partial charge in [0.1, 0.15) is 0 Å². The van der Waals surface area contributed by atoms with Crippen LogP contribution in [0.15, 0.2) is 0 Å². The van der Waals surface area contributed by atoms with Crippen LogP contribution in [0.2, 0.25) is 0 Å². The van der Waals surface area contributed by atoms with Crippen molar-refractivity contribution in [3.63, 3.8) is 0 Å². The summed E-state index contributed by atoms with van der Waals surface area (Å²) in [4.78, 5) is 0. The molecule has 1 aromatic rings. The van der Waals surface area contributed by atoms with Crippen LogP contribution in [0, 0.1) is 0 Å². The summed E-state index contributed by atoms with van der Waals surface area (Å²) in [5.74, 6) is 0. The first-order chi connectivity index (χ1) is 7.07. The molecule has 0 bridgehead atoms. The summed E-state index contributed by atoms with van der Waals surface area (Å²) in [6, 6.07) is 0. The molecule has 1 aromatic heterocycles. The van der Waals surface area contributed by atoms with Crippen LogP contribution in [0.5, 0.6) is 0 Å². The summed E-state index contributed by atoms with van der Waals surface area (Å²) in [5.41, 5.74) is 0.447. The Bertz CT molecular complexity index is 307. The summed E-state index contributed by atoms with van der Waals surface area (Å²) < 4.78 is 3.69. The molecular formula is C13H21PSe. The second kappa shape index (κ2) is 4.74. The van der Waals surface area contributed by atoms with Crippen molar-refractivity contribution in [2.75, 3.05) is 0 Å². The predicted octanol–water partition coefficient (Wildman–Crippen LogP) is 4.28. The van der Waals surface area contributed by atoms with Crippen molar-refractivity contribution < 1.29 is 0 Å². The van der Waals surface area contributed by atoms with Gasteiger partial charge in [-0.15, -0.1) is 0 Å². The number of hydrogen-bond acceptors (Lipinski definition) is 0. The maximum absolute atomic E-state index is 2.39. The van der Waals surface area contributed by atoms with Gasteiger partial charge in [-0.05, 0) is 0 Å². The first kappa shape index (κ1) is 11.9. The Morgan fingerprint density at radius 1 is 1.00 bits per heavy atom. The maximum atomic E-state index is 2.39. The summed E-state index contributed by atoms with van der Waals surface area (Å²) in [6.45, 7) is 7.16. The molecule has 15 heavy (non-hydrogen) atoms. The fourth-order valence-corrected chi connectivity index (χ4v) is 7.35. The van der Waals surface area contributed by atoms with E-state index in [0.29, 0.717) is 5.41 Å². The van der Waals surface area contributed by atoms with E-state index in [4.69, 9.17) is 0 Å². The van der Waals surface area contributed by atoms with Crippen LogP contribution in [0.4, 0.5) is 0 Å². The van der Waals surface area contributed by atoms with E-state index in [-0.39, 0.29) is 0 Å². The van der Waals surface area contributed by atoms with Gasteiger partial charge >= 0.3 is 101 Å². The predicted molar refractivity (Wildman–Crippen MR) is 70.5 cm³/mol. The van der Waals surface area contributed by atoms with Gasteiger partial charge in [0, 0.05) is 0 Å². The standard InChI is InChI=1S/C13H21PSe/c1-13(2,3)12-14-10-8-6-4-5-7-9-11(10)15-12/h4-9H2,1-3H3. The van der Waals surface area contributed by atoms with Crippen LogP contribution >= 0.6 is 8.19 Å². The molecule has 1 aliphatic rings. The average molecular weight is 287 g/mol. The zero-order valence-corrected chi connectivity index (χ0v) is 12.7. The molecule has 0 aromatic carbocycles. The molecule has 0 N–H and O–H groups in total. The van der Waals surface area contributed by atoms with Crippen molar-refractivity contribution in [2.24, 2.45) is 0 Å². The summed E-state index contributed by atoms with van der Waals surface area (Å²) in [6.07, 6.45) is 8.64. The van der Waals surface area contributed by atoms with E-state index in [0.717, 1.165) is 14.5 Å². The number of hydrogen-bond donors (Lipinski definition) is 0. The normalized spacial score (nSPS) is 18.6. The van der Waals surface area contributed by atoms with Gasteiger partial charge in [0.05, 0.1) is 0 Å². The fourth-order valence-electron chi connectivity index (χ4n) is 2.03. The van der Waals surface area contributed by atoms with Crippen molar-refractivity contribution in [2.45, 2.75) is 64.7 Å². The molecule has 0 spiro atoms. The van der Waals surface area contributed by atoms with E-state index in [1.807, 2.05) is 13.9 Å². The number of rotatable bonds is 0. The average Bonchev–Trinajstić information content (AvgIpc) is 2.46. The Labute approximate surface area is 101 Å². The van der Waals surface area contributed by atoms with Gasteiger partial charge in [0.2, 0.25) is 0 Å². The van der Waals surface area contributed by atoms with Crippen molar-refractivity contribution in [1.29, 1.82) is 0 Å². The van der Waals surface area contributed by atoms with Crippen LogP contribution in [-0.2, 0) is 18.3 Å². The van der Waals surface area contributed by atoms with Crippen LogP contribution in [-0.4, -0.2) is 14.5 Å². The monoisotopic (exact) mass is 288 g/mol. The molecule has 0 saturated heterocycles. The van der Waals surface area contributed by atoms with E-state index in [2.05, 4.69) is 20.8 Å². The van der Waals surface area contributed by atoms with Gasteiger partial charge in [-0.3, -0.25) is 0 Å². The quantitative estimate of drug-likeness (QED) is 0.625. The van der Waals surface area contributed by atoms with Crippen LogP contribution in [0.3, 0.4) is 0 Å². The molecule has 0 amide bonds. The Balaban J connectivity index is 2.28. The van der Waals surface area contributed by atoms with Gasteiger partial charge in [0.25, 0.3) is 0 Å². The molecule has 0 saturated carbocycles. The minimum absolute atomic E-state index is 0.447. The third-order valence-electron chi connectivity index (χ3n) is 2.99. The topological polar surface area (TPSA) is 0 Å². The zero-order chi connectivity index (χ0) is 10.9. The summed E-state index contributed by atoms with van der Waals surface area (Å²) in [7, 11) is 1.62. The SMILES string of the molecule is CC(C)(C)c1pc2c([se]1)CCCCCC2. The first-order valence-electron chi connectivity index (χ1n) is 6.06. The van der Waals surface area contributed by atoms with Crippen molar-refractivity contribution in [3.8, 4) is 0 Å². The van der Waals surface area contributed by atoms with Crippen LogP contribution in [0.1, 0.15) is 60.4 Å². The summed E-state index contributed by atoms with van der Waals surface area (Å²) >= 11 is 0.729. The Morgan fingerprint density at radius 2 is 1.67 bits per heavy atom. The molecule has 1 aliphatic carbocycles. The Hall–Kier alpha value is 0.429. The van der Waals surface area contributed by atoms with Crippen molar-refractivity contribution in [1.82, 2.24) is 0 Å². The molecule has 0 aliphatic heterocycles. The van der Waals surface area contributed by atoms with Gasteiger partial charge in [-0.1, -0.05) is 0 Å². The molecule has 0 atom stereocenters. The second-order valence-corrected chi connectivity index (χ2v) is 9.76. The van der Waals surface area contributed by atoms with Gasteiger partial charge in [0.15, 0.2) is 0 Å². The fraction of sp³-hybridized carbons (Fsp3) is 0.769.